The van der Waals surface area contributed by atoms with Gasteiger partial charge in [0.05, 0.1) is 18.1 Å². The maximum Gasteiger partial charge on any atom is 0.254 e. The van der Waals surface area contributed by atoms with E-state index in [1.54, 1.807) is 12.0 Å². The second-order valence-corrected chi connectivity index (χ2v) is 11.2. The molecule has 9 heteroatoms. The van der Waals surface area contributed by atoms with Crippen LogP contribution in [0, 0.1) is 5.41 Å². The Hall–Kier alpha value is -4.66. The first-order valence-corrected chi connectivity index (χ1v) is 15.0. The van der Waals surface area contributed by atoms with E-state index in [1.165, 1.54) is 5.56 Å². The number of benzene rings is 4. The second-order valence-electron chi connectivity index (χ2n) is 10.7. The summed E-state index contributed by atoms with van der Waals surface area (Å²) in [5.74, 6) is 1.65. The van der Waals surface area contributed by atoms with Gasteiger partial charge < -0.3 is 25.7 Å². The van der Waals surface area contributed by atoms with Crippen molar-refractivity contribution in [2.75, 3.05) is 20.2 Å². The fourth-order valence-corrected chi connectivity index (χ4v) is 5.46. The van der Waals surface area contributed by atoms with E-state index in [0.29, 0.717) is 42.2 Å². The quantitative estimate of drug-likeness (QED) is 0.118. The summed E-state index contributed by atoms with van der Waals surface area (Å²) in [7, 11) is 1.63. The van der Waals surface area contributed by atoms with E-state index in [4.69, 9.17) is 38.2 Å². The maximum absolute atomic E-state index is 13.7. The molecule has 1 aromatic heterocycles. The van der Waals surface area contributed by atoms with Crippen molar-refractivity contribution in [3.63, 3.8) is 0 Å². The maximum atomic E-state index is 13.7. The number of rotatable bonds is 13. The number of nitrogen functional groups attached to an aromatic ring is 1. The van der Waals surface area contributed by atoms with Crippen molar-refractivity contribution in [3.8, 4) is 5.75 Å². The van der Waals surface area contributed by atoms with Gasteiger partial charge in [-0.15, -0.1) is 0 Å². The zero-order chi connectivity index (χ0) is 31.1. The summed E-state index contributed by atoms with van der Waals surface area (Å²) in [6.07, 6.45) is 2.31. The van der Waals surface area contributed by atoms with Crippen LogP contribution in [0.15, 0.2) is 91.0 Å². The van der Waals surface area contributed by atoms with Crippen LogP contribution in [0.25, 0.3) is 11.0 Å². The van der Waals surface area contributed by atoms with Gasteiger partial charge in [0.2, 0.25) is 0 Å². The molecule has 44 heavy (non-hydrogen) atoms. The van der Waals surface area contributed by atoms with Gasteiger partial charge in [0.1, 0.15) is 17.4 Å². The number of imidazole rings is 1. The first-order chi connectivity index (χ1) is 21.3. The van der Waals surface area contributed by atoms with Gasteiger partial charge >= 0.3 is 0 Å². The Balaban J connectivity index is 1.42. The Morgan fingerprint density at radius 3 is 2.32 bits per heavy atom. The third-order valence-corrected chi connectivity index (χ3v) is 7.96. The molecule has 0 aliphatic heterocycles. The minimum absolute atomic E-state index is 0.0550. The van der Waals surface area contributed by atoms with Crippen molar-refractivity contribution in [2.24, 2.45) is 11.5 Å². The minimum Gasteiger partial charge on any atom is -0.497 e. The molecule has 0 aliphatic carbocycles. The molecular weight excluding hydrogens is 572 g/mol. The van der Waals surface area contributed by atoms with Crippen LogP contribution >= 0.6 is 11.6 Å². The Morgan fingerprint density at radius 1 is 0.909 bits per heavy atom. The van der Waals surface area contributed by atoms with Gasteiger partial charge in [0.15, 0.2) is 0 Å². The summed E-state index contributed by atoms with van der Waals surface area (Å²) in [4.78, 5) is 20.5. The molecule has 0 saturated carbocycles. The Kier molecular flexibility index (Phi) is 9.94. The number of aryl methyl sites for hydroxylation is 4. The highest BCUT2D eigenvalue weighted by Crippen LogP contribution is 2.23. The highest BCUT2D eigenvalue weighted by atomic mass is 35.5. The number of amidine groups is 1. The van der Waals surface area contributed by atoms with Crippen LogP contribution in [0.3, 0.4) is 0 Å². The number of amides is 1. The average Bonchev–Trinajstić information content (AvgIpc) is 3.39. The lowest BCUT2D eigenvalue weighted by Gasteiger charge is -2.22. The van der Waals surface area contributed by atoms with E-state index in [2.05, 4.69) is 4.57 Å². The van der Waals surface area contributed by atoms with Gasteiger partial charge in [-0.2, -0.15) is 0 Å². The van der Waals surface area contributed by atoms with Crippen LogP contribution in [0.1, 0.15) is 38.4 Å². The van der Waals surface area contributed by atoms with Crippen LogP contribution in [-0.4, -0.2) is 46.4 Å². The molecule has 4 aromatic carbocycles. The number of carbonyl (C=O) groups is 1. The number of carbonyl (C=O) groups excluding carboxylic acids is 1. The van der Waals surface area contributed by atoms with Crippen molar-refractivity contribution < 1.29 is 9.53 Å². The zero-order valence-electron chi connectivity index (χ0n) is 24.8. The van der Waals surface area contributed by atoms with Crippen molar-refractivity contribution in [2.45, 2.75) is 32.4 Å². The highest BCUT2D eigenvalue weighted by Gasteiger charge is 2.19. The summed E-state index contributed by atoms with van der Waals surface area (Å²) in [6.45, 7) is 1.94. The third kappa shape index (κ3) is 7.45. The minimum atomic E-state index is -0.0944. The fourth-order valence-electron chi connectivity index (χ4n) is 5.33. The van der Waals surface area contributed by atoms with Crippen LogP contribution in [0.5, 0.6) is 5.75 Å². The molecule has 0 spiro atoms. The fraction of sp³-hybridized carbons (Fsp3) is 0.229. The van der Waals surface area contributed by atoms with E-state index in [-0.39, 0.29) is 11.7 Å². The molecule has 0 radical (unpaired) electrons. The van der Waals surface area contributed by atoms with Gasteiger partial charge in [0.25, 0.3) is 5.91 Å². The van der Waals surface area contributed by atoms with Gasteiger partial charge in [-0.25, -0.2) is 4.98 Å². The molecule has 0 fully saturated rings. The molecule has 0 atom stereocenters. The van der Waals surface area contributed by atoms with E-state index >= 15 is 0 Å². The summed E-state index contributed by atoms with van der Waals surface area (Å²) in [6, 6.07) is 29.1. The molecule has 5 aromatic rings. The molecule has 0 aliphatic rings. The number of nitrogens with one attached hydrogen (secondary N) is 1. The lowest BCUT2D eigenvalue weighted by Crippen LogP contribution is -2.34. The number of methoxy groups -OCH3 is 1. The number of aromatic nitrogens is 2. The van der Waals surface area contributed by atoms with Crippen molar-refractivity contribution in [1.29, 1.82) is 5.41 Å². The van der Waals surface area contributed by atoms with E-state index < -0.39 is 0 Å². The average molecular weight is 609 g/mol. The molecule has 226 valence electrons. The van der Waals surface area contributed by atoms with E-state index in [9.17, 15) is 4.79 Å². The smallest absolute Gasteiger partial charge is 0.254 e. The molecule has 0 saturated heterocycles. The standard InChI is InChI=1S/C35H37ClN6O2/c1-44-30-4-2-3-26(21-30)23-41(20-18-37)35(43)28-12-15-32-31(22-28)40-33(16-9-24-5-10-27(11-6-24)34(38)39)42(32)19-17-25-7-13-29(36)14-8-25/h2-8,10-15,21-22H,9,16-20,23,37H2,1H3,(H3,38,39). The largest absolute Gasteiger partial charge is 0.497 e. The summed E-state index contributed by atoms with van der Waals surface area (Å²) < 4.78 is 7.61. The van der Waals surface area contributed by atoms with Gasteiger partial charge in [-0.3, -0.25) is 10.2 Å². The topological polar surface area (TPSA) is 123 Å². The van der Waals surface area contributed by atoms with Crippen LogP contribution in [0.4, 0.5) is 0 Å². The van der Waals surface area contributed by atoms with Crippen molar-refractivity contribution in [1.82, 2.24) is 14.5 Å². The molecular formula is C35H37ClN6O2. The summed E-state index contributed by atoms with van der Waals surface area (Å²) >= 11 is 6.10. The molecule has 8 nitrogen and oxygen atoms in total. The molecule has 0 unspecified atom stereocenters. The highest BCUT2D eigenvalue weighted by molar-refractivity contribution is 6.30. The first-order valence-electron chi connectivity index (χ1n) is 14.6. The monoisotopic (exact) mass is 608 g/mol. The predicted molar refractivity (Wildman–Crippen MR) is 177 cm³/mol. The Labute approximate surface area is 262 Å². The number of fused-ring (bicyclic) bond motifs is 1. The van der Waals surface area contributed by atoms with Crippen LogP contribution < -0.4 is 16.2 Å². The lowest BCUT2D eigenvalue weighted by atomic mass is 10.1. The Bertz CT molecular complexity index is 1750. The molecule has 1 heterocycles. The van der Waals surface area contributed by atoms with Crippen molar-refractivity contribution >= 4 is 34.4 Å². The van der Waals surface area contributed by atoms with Gasteiger partial charge in [-0.05, 0) is 72.0 Å². The van der Waals surface area contributed by atoms with Gasteiger partial charge in [-0.1, -0.05) is 60.1 Å². The zero-order valence-corrected chi connectivity index (χ0v) is 25.6. The van der Waals surface area contributed by atoms with Crippen LogP contribution in [-0.2, 0) is 32.4 Å². The van der Waals surface area contributed by atoms with Crippen molar-refractivity contribution in [3.05, 3.63) is 130 Å². The lowest BCUT2D eigenvalue weighted by molar-refractivity contribution is 0.0748. The molecule has 5 rings (SSSR count). The molecule has 0 bridgehead atoms. The third-order valence-electron chi connectivity index (χ3n) is 7.71. The van der Waals surface area contributed by atoms with E-state index in [1.807, 2.05) is 91.0 Å². The number of halogens is 1. The predicted octanol–water partition coefficient (Wildman–Crippen LogP) is 5.61. The normalized spacial score (nSPS) is 11.1. The molecule has 1 amide bonds. The van der Waals surface area contributed by atoms with Gasteiger partial charge in [0, 0.05) is 48.7 Å². The second kappa shape index (κ2) is 14.2. The SMILES string of the molecule is COc1cccc(CN(CCN)C(=O)c2ccc3c(c2)nc(CCc2ccc(C(=N)N)cc2)n3CCc2ccc(Cl)cc2)c1. The first kappa shape index (κ1) is 30.8. The van der Waals surface area contributed by atoms with Crippen LogP contribution in [0.2, 0.25) is 5.02 Å². The number of nitrogens with zero attached hydrogens (tertiary/aromatic N) is 3. The summed E-state index contributed by atoms with van der Waals surface area (Å²) in [5, 5.41) is 8.36. The Morgan fingerprint density at radius 2 is 1.61 bits per heavy atom. The molecule has 5 N–H and O–H groups in total. The number of nitrogens with two attached hydrogens (primary N) is 2. The number of hydrogen-bond donors (Lipinski definition) is 3. The number of ether oxygens (including phenoxy) is 1. The van der Waals surface area contributed by atoms with E-state index in [0.717, 1.165) is 53.1 Å². The summed E-state index contributed by atoms with van der Waals surface area (Å²) in [5.41, 5.74) is 17.9. The number of hydrogen-bond acceptors (Lipinski definition) is 5.